The van der Waals surface area contributed by atoms with Gasteiger partial charge in [-0.2, -0.15) is 0 Å². The predicted molar refractivity (Wildman–Crippen MR) is 103 cm³/mol. The molecule has 1 aromatic heterocycles. The number of piperidine rings is 1. The van der Waals surface area contributed by atoms with Crippen LogP contribution in [0.3, 0.4) is 0 Å². The first-order valence-corrected chi connectivity index (χ1v) is 9.78. The fraction of sp³-hybridized carbons (Fsp3) is 0.500. The Morgan fingerprint density at radius 2 is 1.96 bits per heavy atom. The van der Waals surface area contributed by atoms with E-state index in [1.807, 2.05) is 24.3 Å². The monoisotopic (exact) mass is 375 g/mol. The maximum Gasteiger partial charge on any atom is 0.220 e. The van der Waals surface area contributed by atoms with Crippen molar-refractivity contribution >= 4 is 17.5 Å². The fourth-order valence-electron chi connectivity index (χ4n) is 3.20. The molecule has 26 heavy (non-hydrogen) atoms. The number of nitrogens with zero attached hydrogens (tertiary/aromatic N) is 2. The zero-order chi connectivity index (χ0) is 18.2. The molecule has 0 aliphatic carbocycles. The van der Waals surface area contributed by atoms with Crippen LogP contribution in [0, 0.1) is 0 Å². The summed E-state index contributed by atoms with van der Waals surface area (Å²) in [7, 11) is 0. The van der Waals surface area contributed by atoms with Crippen molar-refractivity contribution in [3.63, 3.8) is 0 Å². The average Bonchev–Trinajstić information content (AvgIpc) is 3.14. The lowest BCUT2D eigenvalue weighted by atomic mass is 10.1. The molecule has 2 heterocycles. The van der Waals surface area contributed by atoms with Gasteiger partial charge in [0.05, 0.1) is 6.20 Å². The van der Waals surface area contributed by atoms with Crippen LogP contribution >= 0.6 is 11.6 Å². The molecule has 1 aliphatic rings. The summed E-state index contributed by atoms with van der Waals surface area (Å²) in [5.41, 5.74) is 0.926. The second-order valence-corrected chi connectivity index (χ2v) is 7.17. The van der Waals surface area contributed by atoms with Gasteiger partial charge in [0.1, 0.15) is 0 Å². The van der Waals surface area contributed by atoms with E-state index in [4.69, 9.17) is 16.0 Å². The van der Waals surface area contributed by atoms with Gasteiger partial charge in [-0.3, -0.25) is 4.79 Å². The van der Waals surface area contributed by atoms with E-state index in [9.17, 15) is 4.79 Å². The molecule has 1 amide bonds. The molecule has 2 aromatic rings. The van der Waals surface area contributed by atoms with Crippen molar-refractivity contribution in [2.24, 2.45) is 0 Å². The van der Waals surface area contributed by atoms with Crippen LogP contribution in [-0.4, -0.2) is 42.0 Å². The summed E-state index contributed by atoms with van der Waals surface area (Å²) in [5.74, 6) is 1.33. The van der Waals surface area contributed by atoms with E-state index >= 15 is 0 Å². The maximum absolute atomic E-state index is 12.0. The predicted octanol–water partition coefficient (Wildman–Crippen LogP) is 3.92. The molecule has 0 unspecified atom stereocenters. The van der Waals surface area contributed by atoms with E-state index in [1.165, 1.54) is 32.4 Å². The van der Waals surface area contributed by atoms with Crippen LogP contribution in [0.25, 0.3) is 11.3 Å². The Hall–Kier alpha value is -1.85. The minimum atomic E-state index is 0.0508. The lowest BCUT2D eigenvalue weighted by molar-refractivity contribution is -0.121. The molecule has 140 valence electrons. The van der Waals surface area contributed by atoms with Crippen molar-refractivity contribution in [2.45, 2.75) is 38.5 Å². The molecule has 5 nitrogen and oxygen atoms in total. The summed E-state index contributed by atoms with van der Waals surface area (Å²) in [6.07, 6.45) is 7.56. The van der Waals surface area contributed by atoms with Crippen LogP contribution in [0.1, 0.15) is 38.0 Å². The SMILES string of the molecule is O=C(CCc1ncc(-c2ccc(Cl)cc2)o1)NCCCN1CCCCC1. The average molecular weight is 376 g/mol. The molecule has 0 atom stereocenters. The minimum absolute atomic E-state index is 0.0508. The molecule has 0 spiro atoms. The smallest absolute Gasteiger partial charge is 0.220 e. The third-order valence-electron chi connectivity index (χ3n) is 4.67. The summed E-state index contributed by atoms with van der Waals surface area (Å²) in [4.78, 5) is 18.7. The van der Waals surface area contributed by atoms with Crippen LogP contribution < -0.4 is 5.32 Å². The van der Waals surface area contributed by atoms with Gasteiger partial charge in [-0.25, -0.2) is 4.98 Å². The standard InChI is InChI=1S/C20H26ClN3O2/c21-17-7-5-16(6-8-17)18-15-23-20(26-18)10-9-19(25)22-11-4-14-24-12-2-1-3-13-24/h5-8,15H,1-4,9-14H2,(H,22,25). The summed E-state index contributed by atoms with van der Waals surface area (Å²) in [6, 6.07) is 7.41. The Morgan fingerprint density at radius 1 is 1.19 bits per heavy atom. The molecule has 3 rings (SSSR count). The normalized spacial score (nSPS) is 15.1. The van der Waals surface area contributed by atoms with Gasteiger partial charge in [-0.1, -0.05) is 18.0 Å². The lowest BCUT2D eigenvalue weighted by Crippen LogP contribution is -2.33. The van der Waals surface area contributed by atoms with Gasteiger partial charge in [-0.05, 0) is 63.2 Å². The van der Waals surface area contributed by atoms with E-state index in [2.05, 4.69) is 15.2 Å². The number of rotatable bonds is 8. The molecule has 6 heteroatoms. The largest absolute Gasteiger partial charge is 0.441 e. The van der Waals surface area contributed by atoms with Crippen LogP contribution in [0.5, 0.6) is 0 Å². The van der Waals surface area contributed by atoms with E-state index in [1.54, 1.807) is 6.20 Å². The number of amides is 1. The zero-order valence-electron chi connectivity index (χ0n) is 15.0. The number of oxazole rings is 1. The summed E-state index contributed by atoms with van der Waals surface area (Å²) >= 11 is 5.89. The summed E-state index contributed by atoms with van der Waals surface area (Å²) in [6.45, 7) is 4.21. The van der Waals surface area contributed by atoms with Gasteiger partial charge in [0.2, 0.25) is 5.91 Å². The first-order chi connectivity index (χ1) is 12.7. The van der Waals surface area contributed by atoms with Crippen molar-refractivity contribution < 1.29 is 9.21 Å². The second kappa shape index (κ2) is 9.74. The van der Waals surface area contributed by atoms with Gasteiger partial charge in [0.15, 0.2) is 11.7 Å². The van der Waals surface area contributed by atoms with Gasteiger partial charge >= 0.3 is 0 Å². The first kappa shape index (κ1) is 18.9. The summed E-state index contributed by atoms with van der Waals surface area (Å²) < 4.78 is 5.72. The molecule has 0 saturated carbocycles. The van der Waals surface area contributed by atoms with Gasteiger partial charge in [-0.15, -0.1) is 0 Å². The molecular weight excluding hydrogens is 350 g/mol. The number of benzene rings is 1. The van der Waals surface area contributed by atoms with Gasteiger partial charge in [0, 0.05) is 30.0 Å². The molecule has 1 fully saturated rings. The number of aromatic nitrogens is 1. The fourth-order valence-corrected chi connectivity index (χ4v) is 3.32. The quantitative estimate of drug-likeness (QED) is 0.710. The first-order valence-electron chi connectivity index (χ1n) is 9.40. The van der Waals surface area contributed by atoms with Crippen LogP contribution in [0.15, 0.2) is 34.9 Å². The van der Waals surface area contributed by atoms with Gasteiger partial charge in [0.25, 0.3) is 0 Å². The summed E-state index contributed by atoms with van der Waals surface area (Å²) in [5, 5.41) is 3.67. The number of halogens is 1. The Bertz CT molecular complexity index is 693. The topological polar surface area (TPSA) is 58.4 Å². The number of carbonyl (C=O) groups is 1. The Kier molecular flexibility index (Phi) is 7.09. The Balaban J connectivity index is 1.34. The highest BCUT2D eigenvalue weighted by Crippen LogP contribution is 2.22. The number of nitrogens with one attached hydrogen (secondary N) is 1. The van der Waals surface area contributed by atoms with E-state index in [-0.39, 0.29) is 5.91 Å². The molecular formula is C20H26ClN3O2. The van der Waals surface area contributed by atoms with Crippen molar-refractivity contribution in [2.75, 3.05) is 26.2 Å². The second-order valence-electron chi connectivity index (χ2n) is 6.73. The molecule has 1 aliphatic heterocycles. The number of aryl methyl sites for hydroxylation is 1. The maximum atomic E-state index is 12.0. The van der Waals surface area contributed by atoms with Crippen LogP contribution in [0.4, 0.5) is 0 Å². The van der Waals surface area contributed by atoms with Crippen LogP contribution in [-0.2, 0) is 11.2 Å². The van der Waals surface area contributed by atoms with Crippen molar-refractivity contribution in [3.8, 4) is 11.3 Å². The number of hydrogen-bond acceptors (Lipinski definition) is 4. The molecule has 1 saturated heterocycles. The van der Waals surface area contributed by atoms with Crippen molar-refractivity contribution in [3.05, 3.63) is 41.4 Å². The Morgan fingerprint density at radius 3 is 2.73 bits per heavy atom. The van der Waals surface area contributed by atoms with E-state index in [0.29, 0.717) is 29.5 Å². The van der Waals surface area contributed by atoms with Crippen molar-refractivity contribution in [1.82, 2.24) is 15.2 Å². The third-order valence-corrected chi connectivity index (χ3v) is 4.92. The Labute approximate surface area is 159 Å². The van der Waals surface area contributed by atoms with Gasteiger partial charge < -0.3 is 14.6 Å². The lowest BCUT2D eigenvalue weighted by Gasteiger charge is -2.26. The van der Waals surface area contributed by atoms with Crippen LogP contribution in [0.2, 0.25) is 5.02 Å². The van der Waals surface area contributed by atoms with E-state index in [0.717, 1.165) is 25.1 Å². The number of hydrogen-bond donors (Lipinski definition) is 1. The third kappa shape index (κ3) is 5.85. The minimum Gasteiger partial charge on any atom is -0.441 e. The molecule has 1 N–H and O–H groups in total. The molecule has 0 radical (unpaired) electrons. The van der Waals surface area contributed by atoms with Crippen molar-refractivity contribution in [1.29, 1.82) is 0 Å². The molecule has 1 aromatic carbocycles. The zero-order valence-corrected chi connectivity index (χ0v) is 15.8. The highest BCUT2D eigenvalue weighted by Gasteiger charge is 2.11. The molecule has 0 bridgehead atoms. The number of carbonyl (C=O) groups excluding carboxylic acids is 1. The highest BCUT2D eigenvalue weighted by molar-refractivity contribution is 6.30. The van der Waals surface area contributed by atoms with E-state index < -0.39 is 0 Å². The number of likely N-dealkylation sites (tertiary alicyclic amines) is 1. The highest BCUT2D eigenvalue weighted by atomic mass is 35.5.